The summed E-state index contributed by atoms with van der Waals surface area (Å²) in [4.78, 5) is 19.1. The van der Waals surface area contributed by atoms with E-state index in [4.69, 9.17) is 4.52 Å². The topological polar surface area (TPSA) is 59.2 Å². The largest absolute Gasteiger partial charge is 0.337 e. The number of carbonyl (C=O) groups is 1. The number of hydrogen-bond donors (Lipinski definition) is 0. The summed E-state index contributed by atoms with van der Waals surface area (Å²) in [6, 6.07) is 10.1. The molecule has 1 saturated heterocycles. The van der Waals surface area contributed by atoms with E-state index >= 15 is 0 Å². The van der Waals surface area contributed by atoms with E-state index in [9.17, 15) is 4.79 Å². The third-order valence-corrected chi connectivity index (χ3v) is 4.37. The van der Waals surface area contributed by atoms with Gasteiger partial charge in [0.1, 0.15) is 6.04 Å². The molecule has 122 valence electrons. The highest BCUT2D eigenvalue weighted by molar-refractivity contribution is 5.77. The third-order valence-electron chi connectivity index (χ3n) is 4.37. The Bertz CT molecular complexity index is 639. The first-order valence-corrected chi connectivity index (χ1v) is 8.37. The molecule has 0 radical (unpaired) electrons. The maximum Gasteiger partial charge on any atom is 0.249 e. The molecule has 1 aliphatic rings. The second-order valence-electron chi connectivity index (χ2n) is 6.12. The van der Waals surface area contributed by atoms with Crippen LogP contribution in [0.1, 0.15) is 55.4 Å². The minimum atomic E-state index is -0.0676. The lowest BCUT2D eigenvalue weighted by Crippen LogP contribution is -2.35. The predicted molar refractivity (Wildman–Crippen MR) is 86.7 cm³/mol. The van der Waals surface area contributed by atoms with Crippen molar-refractivity contribution in [3.8, 4) is 0 Å². The molecular weight excluding hydrogens is 290 g/mol. The highest BCUT2D eigenvalue weighted by Gasteiger charge is 2.30. The van der Waals surface area contributed by atoms with Crippen LogP contribution in [0, 0.1) is 6.92 Å². The molecule has 0 spiro atoms. The van der Waals surface area contributed by atoms with Crippen LogP contribution in [0.5, 0.6) is 0 Å². The smallest absolute Gasteiger partial charge is 0.249 e. The molecule has 0 N–H and O–H groups in total. The Balaban J connectivity index is 1.70. The summed E-state index contributed by atoms with van der Waals surface area (Å²) in [6.07, 6.45) is 5.47. The van der Waals surface area contributed by atoms with Crippen LogP contribution in [0.2, 0.25) is 0 Å². The SMILES string of the molecule is Cc1noc(C2CCCCCN2C(=O)CCc2ccccc2)n1. The first kappa shape index (κ1) is 15.7. The molecule has 5 nitrogen and oxygen atoms in total. The van der Waals surface area contributed by atoms with Crippen LogP contribution in [0.25, 0.3) is 0 Å². The van der Waals surface area contributed by atoms with Gasteiger partial charge in [-0.25, -0.2) is 0 Å². The van der Waals surface area contributed by atoms with Gasteiger partial charge in [-0.2, -0.15) is 4.98 Å². The minimum absolute atomic E-state index is 0.0676. The van der Waals surface area contributed by atoms with Crippen LogP contribution in [-0.4, -0.2) is 27.5 Å². The van der Waals surface area contributed by atoms with Crippen LogP contribution >= 0.6 is 0 Å². The van der Waals surface area contributed by atoms with E-state index in [0.717, 1.165) is 38.6 Å². The highest BCUT2D eigenvalue weighted by Crippen LogP contribution is 2.29. The van der Waals surface area contributed by atoms with E-state index in [1.54, 1.807) is 0 Å². The summed E-state index contributed by atoms with van der Waals surface area (Å²) in [5, 5.41) is 3.89. The van der Waals surface area contributed by atoms with Gasteiger partial charge in [0.05, 0.1) is 0 Å². The normalized spacial score (nSPS) is 18.7. The van der Waals surface area contributed by atoms with Gasteiger partial charge in [-0.1, -0.05) is 48.3 Å². The number of hydrogen-bond acceptors (Lipinski definition) is 4. The molecule has 1 aromatic carbocycles. The predicted octanol–water partition coefficient (Wildman–Crippen LogP) is 3.45. The standard InChI is InChI=1S/C18H23N3O2/c1-14-19-18(23-20-14)16-10-6-3-7-13-21(16)17(22)12-11-15-8-4-2-5-9-15/h2,4-5,8-9,16H,3,6-7,10-13H2,1H3. The molecule has 5 heteroatoms. The van der Waals surface area contributed by atoms with Gasteiger partial charge in [0.25, 0.3) is 0 Å². The van der Waals surface area contributed by atoms with Crippen molar-refractivity contribution in [3.63, 3.8) is 0 Å². The zero-order valence-electron chi connectivity index (χ0n) is 13.6. The Labute approximate surface area is 136 Å². The highest BCUT2D eigenvalue weighted by atomic mass is 16.5. The van der Waals surface area contributed by atoms with Gasteiger partial charge < -0.3 is 9.42 Å². The molecule has 23 heavy (non-hydrogen) atoms. The van der Waals surface area contributed by atoms with Crippen molar-refractivity contribution in [2.45, 2.75) is 51.5 Å². The Kier molecular flexibility index (Phi) is 5.05. The molecule has 0 bridgehead atoms. The summed E-state index contributed by atoms with van der Waals surface area (Å²) < 4.78 is 5.35. The van der Waals surface area contributed by atoms with Crippen molar-refractivity contribution < 1.29 is 9.32 Å². The molecule has 3 rings (SSSR count). The lowest BCUT2D eigenvalue weighted by Gasteiger charge is -2.27. The summed E-state index contributed by atoms with van der Waals surface area (Å²) >= 11 is 0. The van der Waals surface area contributed by atoms with Crippen LogP contribution in [0.3, 0.4) is 0 Å². The molecule has 1 aliphatic heterocycles. The van der Waals surface area contributed by atoms with E-state index in [-0.39, 0.29) is 11.9 Å². The Hall–Kier alpha value is -2.17. The number of amides is 1. The lowest BCUT2D eigenvalue weighted by atomic mass is 10.1. The lowest BCUT2D eigenvalue weighted by molar-refractivity contribution is -0.134. The molecule has 1 amide bonds. The summed E-state index contributed by atoms with van der Waals surface area (Å²) in [5.41, 5.74) is 1.20. The fraction of sp³-hybridized carbons (Fsp3) is 0.500. The quantitative estimate of drug-likeness (QED) is 0.867. The number of benzene rings is 1. The minimum Gasteiger partial charge on any atom is -0.337 e. The van der Waals surface area contributed by atoms with Gasteiger partial charge in [-0.05, 0) is 31.7 Å². The number of aryl methyl sites for hydroxylation is 2. The zero-order chi connectivity index (χ0) is 16.1. The van der Waals surface area contributed by atoms with Crippen LogP contribution in [-0.2, 0) is 11.2 Å². The molecule has 2 aromatic rings. The van der Waals surface area contributed by atoms with Crippen LogP contribution in [0.15, 0.2) is 34.9 Å². The van der Waals surface area contributed by atoms with Gasteiger partial charge >= 0.3 is 0 Å². The Morgan fingerprint density at radius 3 is 2.83 bits per heavy atom. The number of aromatic nitrogens is 2. The monoisotopic (exact) mass is 313 g/mol. The molecule has 1 fully saturated rings. The molecule has 0 aliphatic carbocycles. The Morgan fingerprint density at radius 1 is 1.26 bits per heavy atom. The van der Waals surface area contributed by atoms with Gasteiger partial charge in [0, 0.05) is 13.0 Å². The van der Waals surface area contributed by atoms with Crippen LogP contribution < -0.4 is 0 Å². The average Bonchev–Trinajstić information content (AvgIpc) is 2.85. The van der Waals surface area contributed by atoms with Gasteiger partial charge in [-0.15, -0.1) is 0 Å². The average molecular weight is 313 g/mol. The maximum atomic E-state index is 12.8. The second-order valence-corrected chi connectivity index (χ2v) is 6.12. The summed E-state index contributed by atoms with van der Waals surface area (Å²) in [6.45, 7) is 2.59. The third kappa shape index (κ3) is 3.97. The zero-order valence-corrected chi connectivity index (χ0v) is 13.6. The van der Waals surface area contributed by atoms with E-state index in [2.05, 4.69) is 22.3 Å². The van der Waals surface area contributed by atoms with Gasteiger partial charge in [0.2, 0.25) is 11.8 Å². The summed E-state index contributed by atoms with van der Waals surface area (Å²) in [7, 11) is 0. The molecule has 1 aromatic heterocycles. The molecule has 2 heterocycles. The van der Waals surface area contributed by atoms with E-state index < -0.39 is 0 Å². The fourth-order valence-corrected chi connectivity index (χ4v) is 3.15. The van der Waals surface area contributed by atoms with Crippen molar-refractivity contribution in [1.82, 2.24) is 15.0 Å². The van der Waals surface area contributed by atoms with Crippen molar-refractivity contribution >= 4 is 5.91 Å². The van der Waals surface area contributed by atoms with Crippen molar-refractivity contribution in [3.05, 3.63) is 47.6 Å². The first-order valence-electron chi connectivity index (χ1n) is 8.37. The number of rotatable bonds is 4. The van der Waals surface area contributed by atoms with E-state index in [0.29, 0.717) is 18.1 Å². The molecule has 1 unspecified atom stereocenters. The maximum absolute atomic E-state index is 12.8. The number of carbonyl (C=O) groups excluding carboxylic acids is 1. The van der Waals surface area contributed by atoms with Crippen LogP contribution in [0.4, 0.5) is 0 Å². The molecular formula is C18H23N3O2. The van der Waals surface area contributed by atoms with Crippen molar-refractivity contribution in [1.29, 1.82) is 0 Å². The van der Waals surface area contributed by atoms with Gasteiger partial charge in [-0.3, -0.25) is 4.79 Å². The number of nitrogens with zero attached hydrogens (tertiary/aromatic N) is 3. The Morgan fingerprint density at radius 2 is 2.09 bits per heavy atom. The molecule has 1 atom stereocenters. The van der Waals surface area contributed by atoms with Crippen molar-refractivity contribution in [2.24, 2.45) is 0 Å². The summed E-state index contributed by atoms with van der Waals surface area (Å²) in [5.74, 6) is 1.38. The van der Waals surface area contributed by atoms with Gasteiger partial charge in [0.15, 0.2) is 5.82 Å². The second kappa shape index (κ2) is 7.40. The first-order chi connectivity index (χ1) is 11.2. The number of likely N-dealkylation sites (tertiary alicyclic amines) is 1. The molecule has 0 saturated carbocycles. The van der Waals surface area contributed by atoms with E-state index in [1.807, 2.05) is 30.0 Å². The van der Waals surface area contributed by atoms with E-state index in [1.165, 1.54) is 5.56 Å². The fourth-order valence-electron chi connectivity index (χ4n) is 3.15. The van der Waals surface area contributed by atoms with Crippen molar-refractivity contribution in [2.75, 3.05) is 6.54 Å².